The average Bonchev–Trinajstić information content (AvgIpc) is 3.27. The van der Waals surface area contributed by atoms with E-state index in [-0.39, 0.29) is 11.9 Å². The highest BCUT2D eigenvalue weighted by atomic mass is 35.5. The lowest BCUT2D eigenvalue weighted by molar-refractivity contribution is -0.121. The first-order valence-electron chi connectivity index (χ1n) is 7.98. The molecule has 24 heavy (non-hydrogen) atoms. The quantitative estimate of drug-likeness (QED) is 0.698. The fourth-order valence-electron chi connectivity index (χ4n) is 2.73. The molecule has 1 aromatic carbocycles. The van der Waals surface area contributed by atoms with Crippen molar-refractivity contribution < 1.29 is 4.79 Å². The van der Waals surface area contributed by atoms with Crippen LogP contribution in [0.1, 0.15) is 18.0 Å². The van der Waals surface area contributed by atoms with Gasteiger partial charge in [0.2, 0.25) is 5.91 Å². The van der Waals surface area contributed by atoms with Crippen LogP contribution in [0.3, 0.4) is 0 Å². The van der Waals surface area contributed by atoms with Gasteiger partial charge in [-0.25, -0.2) is 0 Å². The van der Waals surface area contributed by atoms with Crippen LogP contribution in [0.15, 0.2) is 73.3 Å². The Morgan fingerprint density at radius 2 is 1.62 bits per heavy atom. The Balaban J connectivity index is 1.63. The smallest absolute Gasteiger partial charge is 0.222 e. The Hall–Kier alpha value is -2.46. The molecule has 0 saturated carbocycles. The normalized spacial score (nSPS) is 12.0. The van der Waals surface area contributed by atoms with Crippen molar-refractivity contribution in [2.45, 2.75) is 19.0 Å². The number of hydrogen-bond acceptors (Lipinski definition) is 1. The zero-order chi connectivity index (χ0) is 16.8. The molecule has 0 saturated heterocycles. The van der Waals surface area contributed by atoms with Gasteiger partial charge in [-0.1, -0.05) is 23.7 Å². The fourth-order valence-corrected chi connectivity index (χ4v) is 2.85. The Morgan fingerprint density at radius 1 is 1.00 bits per heavy atom. The Labute approximate surface area is 146 Å². The third-order valence-electron chi connectivity index (χ3n) is 3.98. The van der Waals surface area contributed by atoms with E-state index in [0.29, 0.717) is 18.0 Å². The summed E-state index contributed by atoms with van der Waals surface area (Å²) in [6, 6.07) is 15.5. The summed E-state index contributed by atoms with van der Waals surface area (Å²) < 4.78 is 4.09. The van der Waals surface area contributed by atoms with Crippen LogP contribution in [-0.2, 0) is 11.3 Å². The van der Waals surface area contributed by atoms with Crippen LogP contribution in [0.2, 0.25) is 5.02 Å². The molecule has 3 aromatic rings. The zero-order valence-corrected chi connectivity index (χ0v) is 14.1. The van der Waals surface area contributed by atoms with Gasteiger partial charge in [0.05, 0.1) is 12.5 Å². The molecule has 0 aliphatic carbocycles. The van der Waals surface area contributed by atoms with E-state index in [2.05, 4.69) is 9.88 Å². The van der Waals surface area contributed by atoms with Crippen LogP contribution in [0, 0.1) is 0 Å². The van der Waals surface area contributed by atoms with Gasteiger partial charge in [-0.3, -0.25) is 4.79 Å². The number of nitrogens with zero attached hydrogens (tertiary/aromatic N) is 2. The van der Waals surface area contributed by atoms with Crippen LogP contribution < -0.4 is 5.32 Å². The van der Waals surface area contributed by atoms with Crippen molar-refractivity contribution in [3.05, 3.63) is 83.9 Å². The first-order chi connectivity index (χ1) is 11.7. The molecule has 1 N–H and O–H groups in total. The van der Waals surface area contributed by atoms with E-state index < -0.39 is 0 Å². The van der Waals surface area contributed by atoms with E-state index in [9.17, 15) is 4.79 Å². The second-order valence-corrected chi connectivity index (χ2v) is 6.11. The number of nitrogens with one attached hydrogen (secondary N) is 1. The van der Waals surface area contributed by atoms with Crippen LogP contribution in [-0.4, -0.2) is 21.6 Å². The summed E-state index contributed by atoms with van der Waals surface area (Å²) in [5, 5.41) is 3.69. The van der Waals surface area contributed by atoms with Crippen molar-refractivity contribution in [3.63, 3.8) is 0 Å². The molecule has 124 valence electrons. The minimum Gasteiger partial charge on any atom is -0.354 e. The molecule has 0 spiro atoms. The van der Waals surface area contributed by atoms with Crippen molar-refractivity contribution >= 4 is 17.5 Å². The largest absolute Gasteiger partial charge is 0.354 e. The Morgan fingerprint density at radius 3 is 2.29 bits per heavy atom. The molecule has 0 radical (unpaired) electrons. The number of carbonyl (C=O) groups is 1. The third kappa shape index (κ3) is 4.30. The van der Waals surface area contributed by atoms with Crippen molar-refractivity contribution in [3.8, 4) is 0 Å². The molecule has 1 amide bonds. The number of aromatic nitrogens is 2. The molecule has 0 bridgehead atoms. The Bertz CT molecular complexity index is 749. The Kier molecular flexibility index (Phi) is 5.39. The van der Waals surface area contributed by atoms with Gasteiger partial charge in [0.15, 0.2) is 0 Å². The summed E-state index contributed by atoms with van der Waals surface area (Å²) in [7, 11) is 0. The second-order valence-electron chi connectivity index (χ2n) is 5.67. The lowest BCUT2D eigenvalue weighted by Crippen LogP contribution is -2.29. The number of halogens is 1. The first kappa shape index (κ1) is 16.4. The maximum Gasteiger partial charge on any atom is 0.222 e. The van der Waals surface area contributed by atoms with Gasteiger partial charge >= 0.3 is 0 Å². The number of carbonyl (C=O) groups excluding carboxylic acids is 1. The third-order valence-corrected chi connectivity index (χ3v) is 4.23. The summed E-state index contributed by atoms with van der Waals surface area (Å²) in [5.74, 6) is 0.0378. The van der Waals surface area contributed by atoms with Gasteiger partial charge in [0, 0.05) is 42.9 Å². The van der Waals surface area contributed by atoms with Gasteiger partial charge in [-0.2, -0.15) is 0 Å². The molecule has 1 atom stereocenters. The maximum atomic E-state index is 12.4. The van der Waals surface area contributed by atoms with Gasteiger partial charge in [-0.15, -0.1) is 0 Å². The number of rotatable bonds is 7. The number of benzene rings is 1. The lowest BCUT2D eigenvalue weighted by Gasteiger charge is -2.19. The molecule has 2 heterocycles. The summed E-state index contributed by atoms with van der Waals surface area (Å²) in [6.45, 7) is 1.39. The highest BCUT2D eigenvalue weighted by Crippen LogP contribution is 2.23. The summed E-state index contributed by atoms with van der Waals surface area (Å²) in [4.78, 5) is 12.4. The molecule has 0 aliphatic heterocycles. The molecule has 5 heteroatoms. The minimum atomic E-state index is -0.0381. The number of amides is 1. The van der Waals surface area contributed by atoms with Crippen LogP contribution in [0.25, 0.3) is 0 Å². The average molecular weight is 342 g/mol. The highest BCUT2D eigenvalue weighted by molar-refractivity contribution is 6.30. The summed E-state index contributed by atoms with van der Waals surface area (Å²) >= 11 is 5.98. The van der Waals surface area contributed by atoms with Crippen LogP contribution in [0.4, 0.5) is 0 Å². The predicted molar refractivity (Wildman–Crippen MR) is 96.1 cm³/mol. The molecule has 4 nitrogen and oxygen atoms in total. The fraction of sp³-hybridized carbons (Fsp3) is 0.211. The number of hydrogen-bond donors (Lipinski definition) is 1. The van der Waals surface area contributed by atoms with Crippen molar-refractivity contribution in [1.29, 1.82) is 0 Å². The molecule has 2 aromatic heterocycles. The topological polar surface area (TPSA) is 39.0 Å². The van der Waals surface area contributed by atoms with Crippen LogP contribution in [0.5, 0.6) is 0 Å². The van der Waals surface area contributed by atoms with E-state index >= 15 is 0 Å². The van der Waals surface area contributed by atoms with Gasteiger partial charge in [0.25, 0.3) is 0 Å². The second kappa shape index (κ2) is 7.88. The van der Waals surface area contributed by atoms with E-state index in [0.717, 1.165) is 12.1 Å². The van der Waals surface area contributed by atoms with Crippen LogP contribution >= 0.6 is 11.6 Å². The molecule has 0 unspecified atom stereocenters. The SMILES string of the molecule is O=C(C[C@@H](c1ccc(Cl)cc1)n1cccc1)NCCn1cccc1. The van der Waals surface area contributed by atoms with Gasteiger partial charge in [0.1, 0.15) is 0 Å². The van der Waals surface area contributed by atoms with E-state index in [4.69, 9.17) is 11.6 Å². The standard InChI is InChI=1S/C19H20ClN3O/c20-17-7-5-16(6-8-17)18(23-12-3-4-13-23)15-19(24)21-9-14-22-10-1-2-11-22/h1-8,10-13,18H,9,14-15H2,(H,21,24)/t18-/m0/s1. The highest BCUT2D eigenvalue weighted by Gasteiger charge is 2.17. The maximum absolute atomic E-state index is 12.4. The molecule has 0 fully saturated rings. The van der Waals surface area contributed by atoms with E-state index in [1.807, 2.05) is 77.9 Å². The lowest BCUT2D eigenvalue weighted by atomic mass is 10.0. The molecular formula is C19H20ClN3O. The predicted octanol–water partition coefficient (Wildman–Crippen LogP) is 3.74. The van der Waals surface area contributed by atoms with Crippen molar-refractivity contribution in [2.24, 2.45) is 0 Å². The molecule has 0 aliphatic rings. The summed E-state index contributed by atoms with van der Waals surface area (Å²) in [6.07, 6.45) is 8.33. The monoisotopic (exact) mass is 341 g/mol. The van der Waals surface area contributed by atoms with Crippen molar-refractivity contribution in [2.75, 3.05) is 6.54 Å². The zero-order valence-electron chi connectivity index (χ0n) is 13.3. The minimum absolute atomic E-state index is 0.0378. The van der Waals surface area contributed by atoms with E-state index in [1.54, 1.807) is 0 Å². The summed E-state index contributed by atoms with van der Waals surface area (Å²) in [5.41, 5.74) is 1.07. The van der Waals surface area contributed by atoms with E-state index in [1.165, 1.54) is 0 Å². The molecule has 3 rings (SSSR count). The van der Waals surface area contributed by atoms with Crippen molar-refractivity contribution in [1.82, 2.24) is 14.5 Å². The molecular weight excluding hydrogens is 322 g/mol. The van der Waals surface area contributed by atoms with Gasteiger partial charge in [-0.05, 0) is 42.0 Å². The van der Waals surface area contributed by atoms with Gasteiger partial charge < -0.3 is 14.5 Å². The first-order valence-corrected chi connectivity index (χ1v) is 8.35.